The van der Waals surface area contributed by atoms with Gasteiger partial charge in [-0.05, 0) is 68.4 Å². The Hall–Kier alpha value is -3.19. The number of rotatable bonds is 9. The minimum absolute atomic E-state index is 0.102. The number of hydrogen-bond acceptors (Lipinski definition) is 6. The van der Waals surface area contributed by atoms with E-state index in [-0.39, 0.29) is 18.3 Å². The second kappa shape index (κ2) is 10.2. The highest BCUT2D eigenvalue weighted by molar-refractivity contribution is 5.96. The first kappa shape index (κ1) is 22.5. The molecule has 1 heterocycles. The van der Waals surface area contributed by atoms with Crippen molar-refractivity contribution < 1.29 is 18.8 Å². The summed E-state index contributed by atoms with van der Waals surface area (Å²) in [5.41, 5.74) is 4.45. The topological polar surface area (TPSA) is 84.7 Å². The van der Waals surface area contributed by atoms with Crippen molar-refractivity contribution in [2.75, 3.05) is 31.6 Å². The fourth-order valence-electron chi connectivity index (χ4n) is 3.50. The van der Waals surface area contributed by atoms with Gasteiger partial charge >= 0.3 is 5.97 Å². The van der Waals surface area contributed by atoms with Crippen molar-refractivity contribution in [1.82, 2.24) is 10.1 Å². The van der Waals surface area contributed by atoms with E-state index in [2.05, 4.69) is 29.2 Å². The van der Waals surface area contributed by atoms with Crippen LogP contribution in [0.4, 0.5) is 5.69 Å². The number of benzene rings is 2. The second-order valence-corrected chi connectivity index (χ2v) is 7.55. The number of aryl methyl sites for hydroxylation is 2. The molecule has 7 nitrogen and oxygen atoms in total. The number of hydrogen-bond donors (Lipinski definition) is 1. The average Bonchev–Trinajstić information content (AvgIpc) is 3.14. The van der Waals surface area contributed by atoms with Gasteiger partial charge in [0, 0.05) is 17.6 Å². The van der Waals surface area contributed by atoms with E-state index in [1.54, 1.807) is 24.3 Å². The van der Waals surface area contributed by atoms with Crippen LogP contribution in [0.2, 0.25) is 0 Å². The molecule has 0 fully saturated rings. The first-order chi connectivity index (χ1) is 14.9. The van der Waals surface area contributed by atoms with Crippen LogP contribution < -0.4 is 5.32 Å². The molecular weight excluding hydrogens is 394 g/mol. The van der Waals surface area contributed by atoms with Crippen LogP contribution >= 0.6 is 0 Å². The molecule has 0 aliphatic heterocycles. The van der Waals surface area contributed by atoms with E-state index >= 15 is 0 Å². The highest BCUT2D eigenvalue weighted by atomic mass is 16.5. The van der Waals surface area contributed by atoms with E-state index in [1.807, 2.05) is 26.0 Å². The number of carbonyl (C=O) groups is 2. The van der Waals surface area contributed by atoms with Crippen LogP contribution in [0.3, 0.4) is 0 Å². The molecule has 1 aromatic heterocycles. The summed E-state index contributed by atoms with van der Waals surface area (Å²) < 4.78 is 10.7. The SMILES string of the molecule is CCN(CC)CCOC(=O)c1ccc(NC(=O)Cc2noc3c(C)cc(C)cc23)cc1. The number of anilines is 1. The summed E-state index contributed by atoms with van der Waals surface area (Å²) in [7, 11) is 0. The maximum absolute atomic E-state index is 12.5. The number of amides is 1. The molecule has 0 unspecified atom stereocenters. The summed E-state index contributed by atoms with van der Waals surface area (Å²) >= 11 is 0. The third-order valence-corrected chi connectivity index (χ3v) is 5.24. The summed E-state index contributed by atoms with van der Waals surface area (Å²) in [6.07, 6.45) is 0.102. The van der Waals surface area contributed by atoms with E-state index < -0.39 is 0 Å². The molecule has 1 N–H and O–H groups in total. The Labute approximate surface area is 182 Å². The van der Waals surface area contributed by atoms with Crippen molar-refractivity contribution in [3.8, 4) is 0 Å². The standard InChI is InChI=1S/C24H29N3O4/c1-5-27(6-2)11-12-30-24(29)18-7-9-19(10-8-18)25-22(28)15-21-20-14-16(3)13-17(4)23(20)31-26-21/h7-10,13-14H,5-6,11-12,15H2,1-4H3,(H,25,28). The Morgan fingerprint density at radius 1 is 1.10 bits per heavy atom. The molecule has 0 aliphatic rings. The molecule has 0 saturated carbocycles. The Morgan fingerprint density at radius 2 is 1.81 bits per heavy atom. The molecule has 2 aromatic carbocycles. The molecule has 1 amide bonds. The molecule has 0 atom stereocenters. The lowest BCUT2D eigenvalue weighted by Crippen LogP contribution is -2.27. The van der Waals surface area contributed by atoms with E-state index in [4.69, 9.17) is 9.26 Å². The summed E-state index contributed by atoms with van der Waals surface area (Å²) in [5.74, 6) is -0.575. The van der Waals surface area contributed by atoms with Gasteiger partial charge in [0.15, 0.2) is 5.58 Å². The Bertz CT molecular complexity index is 1050. The number of aromatic nitrogens is 1. The lowest BCUT2D eigenvalue weighted by atomic mass is 10.1. The summed E-state index contributed by atoms with van der Waals surface area (Å²) in [6, 6.07) is 10.7. The van der Waals surface area contributed by atoms with Crippen molar-refractivity contribution in [3.63, 3.8) is 0 Å². The molecule has 3 rings (SSSR count). The van der Waals surface area contributed by atoms with Crippen molar-refractivity contribution in [2.24, 2.45) is 0 Å². The summed E-state index contributed by atoms with van der Waals surface area (Å²) in [5, 5.41) is 7.76. The summed E-state index contributed by atoms with van der Waals surface area (Å²) in [6.45, 7) is 11.0. The van der Waals surface area contributed by atoms with Gasteiger partial charge in [-0.2, -0.15) is 0 Å². The summed E-state index contributed by atoms with van der Waals surface area (Å²) in [4.78, 5) is 26.9. The van der Waals surface area contributed by atoms with Crippen LogP contribution in [-0.4, -0.2) is 48.2 Å². The number of nitrogens with zero attached hydrogens (tertiary/aromatic N) is 2. The van der Waals surface area contributed by atoms with Crippen LogP contribution in [0.5, 0.6) is 0 Å². The molecule has 7 heteroatoms. The third kappa shape index (κ3) is 5.70. The Morgan fingerprint density at radius 3 is 2.48 bits per heavy atom. The second-order valence-electron chi connectivity index (χ2n) is 7.55. The van der Waals surface area contributed by atoms with Gasteiger partial charge in [-0.15, -0.1) is 0 Å². The fraction of sp³-hybridized carbons (Fsp3) is 0.375. The number of esters is 1. The van der Waals surface area contributed by atoms with E-state index in [9.17, 15) is 9.59 Å². The molecule has 164 valence electrons. The predicted octanol–water partition coefficient (Wildman–Crippen LogP) is 4.12. The monoisotopic (exact) mass is 423 g/mol. The van der Waals surface area contributed by atoms with Crippen molar-refractivity contribution in [1.29, 1.82) is 0 Å². The highest BCUT2D eigenvalue weighted by Gasteiger charge is 2.15. The number of carbonyl (C=O) groups excluding carboxylic acids is 2. The van der Waals surface area contributed by atoms with E-state index in [0.29, 0.717) is 35.7 Å². The quantitative estimate of drug-likeness (QED) is 0.521. The van der Waals surface area contributed by atoms with Crippen LogP contribution in [0.1, 0.15) is 41.0 Å². The van der Waals surface area contributed by atoms with E-state index in [1.165, 1.54) is 0 Å². The van der Waals surface area contributed by atoms with Gasteiger partial charge in [0.05, 0.1) is 12.0 Å². The zero-order chi connectivity index (χ0) is 22.4. The molecule has 0 radical (unpaired) electrons. The first-order valence-electron chi connectivity index (χ1n) is 10.6. The van der Waals surface area contributed by atoms with Crippen molar-refractivity contribution in [2.45, 2.75) is 34.1 Å². The average molecular weight is 424 g/mol. The number of ether oxygens (including phenoxy) is 1. The molecule has 31 heavy (non-hydrogen) atoms. The molecule has 0 spiro atoms. The highest BCUT2D eigenvalue weighted by Crippen LogP contribution is 2.24. The first-order valence-corrected chi connectivity index (χ1v) is 10.6. The van der Waals surface area contributed by atoms with Crippen LogP contribution in [0.25, 0.3) is 11.0 Å². The third-order valence-electron chi connectivity index (χ3n) is 5.24. The minimum atomic E-state index is -0.371. The maximum atomic E-state index is 12.5. The maximum Gasteiger partial charge on any atom is 0.338 e. The van der Waals surface area contributed by atoms with Gasteiger partial charge in [-0.25, -0.2) is 4.79 Å². The molecule has 3 aromatic rings. The van der Waals surface area contributed by atoms with Gasteiger partial charge in [0.1, 0.15) is 12.3 Å². The van der Waals surface area contributed by atoms with Gasteiger partial charge < -0.3 is 19.5 Å². The molecular formula is C24H29N3O4. The number of likely N-dealkylation sites (N-methyl/N-ethyl adjacent to an activating group) is 1. The lowest BCUT2D eigenvalue weighted by Gasteiger charge is -2.17. The molecule has 0 aliphatic carbocycles. The van der Waals surface area contributed by atoms with Gasteiger partial charge in [0.2, 0.25) is 5.91 Å². The van der Waals surface area contributed by atoms with Crippen LogP contribution in [0.15, 0.2) is 40.9 Å². The zero-order valence-electron chi connectivity index (χ0n) is 18.5. The predicted molar refractivity (Wildman–Crippen MR) is 120 cm³/mol. The fourth-order valence-corrected chi connectivity index (χ4v) is 3.50. The lowest BCUT2D eigenvalue weighted by molar-refractivity contribution is -0.115. The van der Waals surface area contributed by atoms with Gasteiger partial charge in [-0.3, -0.25) is 4.79 Å². The number of fused-ring (bicyclic) bond motifs is 1. The largest absolute Gasteiger partial charge is 0.461 e. The molecule has 0 saturated heterocycles. The normalized spacial score (nSPS) is 11.1. The van der Waals surface area contributed by atoms with Gasteiger partial charge in [0.25, 0.3) is 0 Å². The van der Waals surface area contributed by atoms with E-state index in [0.717, 1.165) is 29.6 Å². The Kier molecular flexibility index (Phi) is 7.41. The zero-order valence-corrected chi connectivity index (χ0v) is 18.5. The van der Waals surface area contributed by atoms with Crippen LogP contribution in [-0.2, 0) is 16.0 Å². The molecule has 0 bridgehead atoms. The van der Waals surface area contributed by atoms with Gasteiger partial charge in [-0.1, -0.05) is 25.1 Å². The van der Waals surface area contributed by atoms with Crippen molar-refractivity contribution >= 4 is 28.5 Å². The Balaban J connectivity index is 1.56. The minimum Gasteiger partial charge on any atom is -0.461 e. The van der Waals surface area contributed by atoms with Crippen molar-refractivity contribution in [3.05, 3.63) is 58.8 Å². The number of nitrogens with one attached hydrogen (secondary N) is 1. The smallest absolute Gasteiger partial charge is 0.338 e. The van der Waals surface area contributed by atoms with Crippen LogP contribution in [0, 0.1) is 13.8 Å².